The molecule has 1 aromatic rings. The molecule has 16 heavy (non-hydrogen) atoms. The molecule has 0 saturated heterocycles. The minimum atomic E-state index is -3.52. The lowest BCUT2D eigenvalue weighted by Crippen LogP contribution is -2.02. The zero-order chi connectivity index (χ0) is 12.2. The number of hydrogen-bond donors (Lipinski definition) is 0. The van der Waals surface area contributed by atoms with Crippen LogP contribution in [0.4, 0.5) is 0 Å². The van der Waals surface area contributed by atoms with Gasteiger partial charge in [0.1, 0.15) is 5.75 Å². The topological polar surface area (TPSA) is 43.4 Å². The molecule has 1 aromatic carbocycles. The summed E-state index contributed by atoms with van der Waals surface area (Å²) in [5.74, 6) is 0.533. The first-order valence-corrected chi connectivity index (χ1v) is 7.10. The Kier molecular flexibility index (Phi) is 4.38. The number of ether oxygens (including phenoxy) is 1. The Morgan fingerprint density at radius 1 is 1.50 bits per heavy atom. The molecule has 0 atom stereocenters. The molecule has 0 heterocycles. The largest absolute Gasteiger partial charge is 0.497 e. The Hall–Kier alpha value is -1.00. The van der Waals surface area contributed by atoms with Gasteiger partial charge in [-0.1, -0.05) is 24.3 Å². The van der Waals surface area contributed by atoms with Gasteiger partial charge in [-0.15, -0.1) is 0 Å². The van der Waals surface area contributed by atoms with Crippen LogP contribution >= 0.6 is 10.7 Å². The Balaban J connectivity index is 2.70. The van der Waals surface area contributed by atoms with Gasteiger partial charge >= 0.3 is 0 Å². The van der Waals surface area contributed by atoms with E-state index in [2.05, 4.69) is 6.58 Å². The first-order valence-electron chi connectivity index (χ1n) is 4.62. The van der Waals surface area contributed by atoms with Crippen LogP contribution in [0.3, 0.4) is 0 Å². The highest BCUT2D eigenvalue weighted by Gasteiger charge is 2.08. The van der Waals surface area contributed by atoms with Gasteiger partial charge in [0.25, 0.3) is 0 Å². The maximum Gasteiger partial charge on any atom is 0.236 e. The molecule has 0 aliphatic rings. The lowest BCUT2D eigenvalue weighted by atomic mass is 10.1. The Morgan fingerprint density at radius 3 is 2.75 bits per heavy atom. The van der Waals surface area contributed by atoms with Crippen LogP contribution in [0.15, 0.2) is 36.4 Å². The average molecular weight is 261 g/mol. The van der Waals surface area contributed by atoms with E-state index in [1.54, 1.807) is 7.11 Å². The normalized spacial score (nSPS) is 11.1. The highest BCUT2D eigenvalue weighted by molar-refractivity contribution is 8.13. The monoisotopic (exact) mass is 260 g/mol. The molecule has 0 fully saturated rings. The number of hydrogen-bond acceptors (Lipinski definition) is 3. The van der Waals surface area contributed by atoms with Crippen molar-refractivity contribution >= 4 is 19.7 Å². The van der Waals surface area contributed by atoms with Gasteiger partial charge in [-0.05, 0) is 24.1 Å². The van der Waals surface area contributed by atoms with E-state index in [1.807, 2.05) is 24.3 Å². The lowest BCUT2D eigenvalue weighted by Gasteiger charge is -2.05. The van der Waals surface area contributed by atoms with Crippen molar-refractivity contribution < 1.29 is 13.2 Å². The number of benzene rings is 1. The van der Waals surface area contributed by atoms with Crippen molar-refractivity contribution in [2.45, 2.75) is 6.42 Å². The number of halogens is 1. The standard InChI is InChI=1S/C11H13ClO3S/c1-9(8-16(12,13)14)6-10-4-3-5-11(7-10)15-2/h3-5,7H,1,6,8H2,2H3. The Morgan fingerprint density at radius 2 is 2.19 bits per heavy atom. The van der Waals surface area contributed by atoms with Crippen molar-refractivity contribution in [3.8, 4) is 5.75 Å². The van der Waals surface area contributed by atoms with Crippen LogP contribution in [0.2, 0.25) is 0 Å². The molecule has 5 heteroatoms. The zero-order valence-electron chi connectivity index (χ0n) is 8.94. The van der Waals surface area contributed by atoms with Crippen molar-refractivity contribution in [3.05, 3.63) is 42.0 Å². The fourth-order valence-corrected chi connectivity index (χ4v) is 2.42. The third-order valence-corrected chi connectivity index (χ3v) is 3.05. The summed E-state index contributed by atoms with van der Waals surface area (Å²) in [6.45, 7) is 3.69. The van der Waals surface area contributed by atoms with Crippen molar-refractivity contribution in [2.24, 2.45) is 0 Å². The Labute approximate surface area is 100 Å². The summed E-state index contributed by atoms with van der Waals surface area (Å²) in [6.07, 6.45) is 0.475. The fourth-order valence-electron chi connectivity index (χ4n) is 1.37. The molecule has 0 aliphatic heterocycles. The second-order valence-corrected chi connectivity index (χ2v) is 6.24. The highest BCUT2D eigenvalue weighted by Crippen LogP contribution is 2.16. The molecule has 0 N–H and O–H groups in total. The smallest absolute Gasteiger partial charge is 0.236 e. The van der Waals surface area contributed by atoms with Crippen LogP contribution in [0.5, 0.6) is 5.75 Å². The molecule has 88 valence electrons. The van der Waals surface area contributed by atoms with E-state index in [9.17, 15) is 8.42 Å². The quantitative estimate of drug-likeness (QED) is 0.603. The van der Waals surface area contributed by atoms with Crippen LogP contribution in [0, 0.1) is 0 Å². The molecule has 1 rings (SSSR count). The van der Waals surface area contributed by atoms with Gasteiger partial charge < -0.3 is 4.74 Å². The predicted octanol–water partition coefficient (Wildman–Crippen LogP) is 2.36. The molecular formula is C11H13ClO3S. The molecule has 0 saturated carbocycles. The molecule has 0 amide bonds. The summed E-state index contributed by atoms with van der Waals surface area (Å²) < 4.78 is 26.7. The molecule has 0 aromatic heterocycles. The van der Waals surface area contributed by atoms with Crippen LogP contribution in [-0.4, -0.2) is 21.3 Å². The van der Waals surface area contributed by atoms with Gasteiger partial charge in [-0.3, -0.25) is 0 Å². The zero-order valence-corrected chi connectivity index (χ0v) is 10.5. The van der Waals surface area contributed by atoms with Crippen molar-refractivity contribution in [2.75, 3.05) is 12.9 Å². The molecule has 3 nitrogen and oxygen atoms in total. The van der Waals surface area contributed by atoms with Gasteiger partial charge in [-0.2, -0.15) is 0 Å². The SMILES string of the molecule is C=C(Cc1cccc(OC)c1)CS(=O)(=O)Cl. The minimum Gasteiger partial charge on any atom is -0.497 e. The third kappa shape index (κ3) is 4.68. The average Bonchev–Trinajstić information content (AvgIpc) is 2.15. The predicted molar refractivity (Wildman–Crippen MR) is 65.5 cm³/mol. The Bertz CT molecular complexity index is 480. The second kappa shape index (κ2) is 5.37. The van der Waals surface area contributed by atoms with E-state index in [4.69, 9.17) is 15.4 Å². The second-order valence-electron chi connectivity index (χ2n) is 3.46. The first-order chi connectivity index (χ1) is 7.40. The van der Waals surface area contributed by atoms with E-state index in [-0.39, 0.29) is 5.75 Å². The molecule has 0 bridgehead atoms. The summed E-state index contributed by atoms with van der Waals surface area (Å²) >= 11 is 0. The van der Waals surface area contributed by atoms with E-state index >= 15 is 0 Å². The van der Waals surface area contributed by atoms with Crippen molar-refractivity contribution in [1.29, 1.82) is 0 Å². The van der Waals surface area contributed by atoms with Gasteiger partial charge in [0.2, 0.25) is 9.05 Å². The fraction of sp³-hybridized carbons (Fsp3) is 0.273. The van der Waals surface area contributed by atoms with Crippen LogP contribution in [-0.2, 0) is 15.5 Å². The molecular weight excluding hydrogens is 248 g/mol. The molecule has 0 spiro atoms. The summed E-state index contributed by atoms with van der Waals surface area (Å²) in [6, 6.07) is 7.39. The lowest BCUT2D eigenvalue weighted by molar-refractivity contribution is 0.414. The van der Waals surface area contributed by atoms with E-state index < -0.39 is 9.05 Å². The first kappa shape index (κ1) is 13.1. The van der Waals surface area contributed by atoms with Gasteiger partial charge in [0.15, 0.2) is 0 Å². The van der Waals surface area contributed by atoms with Crippen LogP contribution in [0.25, 0.3) is 0 Å². The van der Waals surface area contributed by atoms with Gasteiger partial charge in [-0.25, -0.2) is 8.42 Å². The van der Waals surface area contributed by atoms with E-state index in [1.165, 1.54) is 0 Å². The van der Waals surface area contributed by atoms with Crippen molar-refractivity contribution in [1.82, 2.24) is 0 Å². The maximum absolute atomic E-state index is 10.8. The molecule has 0 aliphatic carbocycles. The summed E-state index contributed by atoms with van der Waals surface area (Å²) in [5.41, 5.74) is 1.51. The maximum atomic E-state index is 10.8. The summed E-state index contributed by atoms with van der Waals surface area (Å²) in [7, 11) is 3.20. The van der Waals surface area contributed by atoms with Crippen LogP contribution < -0.4 is 4.74 Å². The number of rotatable bonds is 5. The summed E-state index contributed by atoms with van der Waals surface area (Å²) in [4.78, 5) is 0. The minimum absolute atomic E-state index is 0.203. The highest BCUT2D eigenvalue weighted by atomic mass is 35.7. The molecule has 0 radical (unpaired) electrons. The van der Waals surface area contributed by atoms with Gasteiger partial charge in [0, 0.05) is 10.7 Å². The van der Waals surface area contributed by atoms with Crippen LogP contribution in [0.1, 0.15) is 5.56 Å². The third-order valence-electron chi connectivity index (χ3n) is 1.96. The number of methoxy groups -OCH3 is 1. The van der Waals surface area contributed by atoms with Gasteiger partial charge in [0.05, 0.1) is 12.9 Å². The van der Waals surface area contributed by atoms with Crippen molar-refractivity contribution in [3.63, 3.8) is 0 Å². The summed E-state index contributed by atoms with van der Waals surface area (Å²) in [5, 5.41) is 0. The molecule has 0 unspecified atom stereocenters. The van der Waals surface area contributed by atoms with E-state index in [0.29, 0.717) is 12.0 Å². The van der Waals surface area contributed by atoms with E-state index in [0.717, 1.165) is 11.3 Å².